The Balaban J connectivity index is 2.57. The molecule has 0 radical (unpaired) electrons. The lowest BCUT2D eigenvalue weighted by molar-refractivity contribution is -0.138. The Morgan fingerprint density at radius 2 is 2.06 bits per heavy atom. The molecule has 1 aromatic carbocycles. The van der Waals surface area contributed by atoms with Crippen molar-refractivity contribution in [2.24, 2.45) is 0 Å². The van der Waals surface area contributed by atoms with Crippen molar-refractivity contribution in [1.82, 2.24) is 0 Å². The summed E-state index contributed by atoms with van der Waals surface area (Å²) in [6, 6.07) is 5.81. The Kier molecular flexibility index (Phi) is 2.38. The molecule has 1 atom stereocenters. The number of hydrogen-bond acceptors (Lipinski definition) is 3. The molecule has 1 aliphatic heterocycles. The Bertz CT molecular complexity index is 538. The van der Waals surface area contributed by atoms with Gasteiger partial charge in [-0.3, -0.25) is 4.31 Å². The molecule has 86 valence electrons. The monoisotopic (exact) mass is 241 g/mol. The minimum absolute atomic E-state index is 0.221. The smallest absolute Gasteiger partial charge is 0.327 e. The van der Waals surface area contributed by atoms with Crippen molar-refractivity contribution in [2.75, 3.05) is 10.6 Å². The number of sulfonamides is 1. The van der Waals surface area contributed by atoms with Crippen LogP contribution in [-0.2, 0) is 21.2 Å². The van der Waals surface area contributed by atoms with Crippen LogP contribution in [0.15, 0.2) is 24.3 Å². The molecular formula is C10H11NO4S. The van der Waals surface area contributed by atoms with Crippen molar-refractivity contribution in [3.05, 3.63) is 29.8 Å². The summed E-state index contributed by atoms with van der Waals surface area (Å²) in [5.74, 6) is -1.12. The standard InChI is InChI=1S/C10H11NO4S/c1-16(14,15)11-8-5-3-2-4-7(8)6-9(11)10(12)13/h2-5,9H,6H2,1H3,(H,12,13)/t9-/m1/s1. The van der Waals surface area contributed by atoms with E-state index in [1.165, 1.54) is 0 Å². The number of carboxylic acid groups (broad SMARTS) is 1. The molecule has 5 nitrogen and oxygen atoms in total. The first-order valence-electron chi connectivity index (χ1n) is 4.71. The van der Waals surface area contributed by atoms with E-state index in [4.69, 9.17) is 5.11 Å². The van der Waals surface area contributed by atoms with Crippen LogP contribution in [-0.4, -0.2) is 31.8 Å². The summed E-state index contributed by atoms with van der Waals surface area (Å²) in [7, 11) is -3.56. The predicted octanol–water partition coefficient (Wildman–Crippen LogP) is 0.462. The van der Waals surface area contributed by atoms with Crippen LogP contribution in [0.4, 0.5) is 5.69 Å². The van der Waals surface area contributed by atoms with Gasteiger partial charge >= 0.3 is 5.97 Å². The molecule has 0 amide bonds. The van der Waals surface area contributed by atoms with Gasteiger partial charge in [0.1, 0.15) is 6.04 Å². The van der Waals surface area contributed by atoms with Gasteiger partial charge in [-0.25, -0.2) is 13.2 Å². The Labute approximate surface area is 93.4 Å². The molecule has 0 bridgehead atoms. The fourth-order valence-corrected chi connectivity index (χ4v) is 3.12. The molecule has 0 spiro atoms. The summed E-state index contributed by atoms with van der Waals surface area (Å²) < 4.78 is 24.1. The molecule has 1 aromatic rings. The number of carboxylic acids is 1. The second-order valence-electron chi connectivity index (χ2n) is 3.75. The van der Waals surface area contributed by atoms with Gasteiger partial charge in [0, 0.05) is 6.42 Å². The lowest BCUT2D eigenvalue weighted by Gasteiger charge is -2.21. The highest BCUT2D eigenvalue weighted by molar-refractivity contribution is 7.92. The summed E-state index contributed by atoms with van der Waals surface area (Å²) in [5.41, 5.74) is 1.22. The van der Waals surface area contributed by atoms with E-state index in [1.807, 2.05) is 0 Å². The van der Waals surface area contributed by atoms with Crippen LogP contribution in [0.1, 0.15) is 5.56 Å². The highest BCUT2D eigenvalue weighted by Gasteiger charge is 2.39. The molecule has 0 saturated carbocycles. The van der Waals surface area contributed by atoms with Gasteiger partial charge in [-0.05, 0) is 11.6 Å². The molecule has 2 rings (SSSR count). The minimum Gasteiger partial charge on any atom is -0.480 e. The number of anilines is 1. The minimum atomic E-state index is -3.56. The van der Waals surface area contributed by atoms with Gasteiger partial charge in [-0.15, -0.1) is 0 Å². The second-order valence-corrected chi connectivity index (χ2v) is 5.61. The number of carbonyl (C=O) groups is 1. The maximum Gasteiger partial charge on any atom is 0.327 e. The van der Waals surface area contributed by atoms with Crippen molar-refractivity contribution >= 4 is 21.7 Å². The summed E-state index contributed by atoms with van der Waals surface area (Å²) in [6.45, 7) is 0. The van der Waals surface area contributed by atoms with Crippen LogP contribution < -0.4 is 4.31 Å². The largest absolute Gasteiger partial charge is 0.480 e. The number of aliphatic carboxylic acids is 1. The van der Waals surface area contributed by atoms with Crippen molar-refractivity contribution < 1.29 is 18.3 Å². The average Bonchev–Trinajstić information content (AvgIpc) is 2.55. The molecule has 1 aliphatic rings. The van der Waals surface area contributed by atoms with Gasteiger partial charge in [0.15, 0.2) is 0 Å². The summed E-state index contributed by atoms with van der Waals surface area (Å²) in [4.78, 5) is 11.0. The molecule has 0 aliphatic carbocycles. The van der Waals surface area contributed by atoms with Gasteiger partial charge < -0.3 is 5.11 Å². The third kappa shape index (κ3) is 1.65. The molecule has 16 heavy (non-hydrogen) atoms. The third-order valence-corrected chi connectivity index (χ3v) is 3.73. The van der Waals surface area contributed by atoms with Crippen LogP contribution >= 0.6 is 0 Å². The Hall–Kier alpha value is -1.56. The van der Waals surface area contributed by atoms with E-state index >= 15 is 0 Å². The highest BCUT2D eigenvalue weighted by atomic mass is 32.2. The molecule has 0 fully saturated rings. The normalized spacial score (nSPS) is 19.6. The zero-order valence-corrected chi connectivity index (χ0v) is 9.44. The lowest BCUT2D eigenvalue weighted by Crippen LogP contribution is -2.42. The maximum atomic E-state index is 11.6. The number of benzene rings is 1. The van der Waals surface area contributed by atoms with Crippen molar-refractivity contribution in [3.63, 3.8) is 0 Å². The van der Waals surface area contributed by atoms with E-state index in [-0.39, 0.29) is 6.42 Å². The third-order valence-electron chi connectivity index (χ3n) is 2.57. The summed E-state index contributed by atoms with van der Waals surface area (Å²) in [6.07, 6.45) is 1.24. The fourth-order valence-electron chi connectivity index (χ4n) is 1.95. The molecule has 0 aromatic heterocycles. The van der Waals surface area contributed by atoms with Gasteiger partial charge in [-0.2, -0.15) is 0 Å². The molecule has 0 unspecified atom stereocenters. The zero-order chi connectivity index (χ0) is 11.9. The topological polar surface area (TPSA) is 74.7 Å². The molecule has 0 saturated heterocycles. The molecular weight excluding hydrogens is 230 g/mol. The molecule has 6 heteroatoms. The Morgan fingerprint density at radius 1 is 1.44 bits per heavy atom. The zero-order valence-electron chi connectivity index (χ0n) is 8.62. The number of para-hydroxylation sites is 1. The van der Waals surface area contributed by atoms with E-state index in [1.54, 1.807) is 24.3 Å². The van der Waals surface area contributed by atoms with Gasteiger partial charge in [0.25, 0.3) is 0 Å². The summed E-state index contributed by atoms with van der Waals surface area (Å²) in [5, 5.41) is 9.01. The first-order valence-corrected chi connectivity index (χ1v) is 6.56. The van der Waals surface area contributed by atoms with E-state index in [0.717, 1.165) is 16.1 Å². The molecule has 1 heterocycles. The van der Waals surface area contributed by atoms with E-state index in [2.05, 4.69) is 0 Å². The van der Waals surface area contributed by atoms with Gasteiger partial charge in [-0.1, -0.05) is 18.2 Å². The van der Waals surface area contributed by atoms with Crippen molar-refractivity contribution in [3.8, 4) is 0 Å². The number of hydrogen-bond donors (Lipinski definition) is 1. The first kappa shape index (κ1) is 10.9. The average molecular weight is 241 g/mol. The predicted molar refractivity (Wildman–Crippen MR) is 58.9 cm³/mol. The van der Waals surface area contributed by atoms with Crippen LogP contribution in [0.2, 0.25) is 0 Å². The second kappa shape index (κ2) is 3.48. The molecule has 1 N–H and O–H groups in total. The van der Waals surface area contributed by atoms with E-state index < -0.39 is 22.0 Å². The fraction of sp³-hybridized carbons (Fsp3) is 0.300. The van der Waals surface area contributed by atoms with E-state index in [0.29, 0.717) is 5.69 Å². The summed E-state index contributed by atoms with van der Waals surface area (Å²) >= 11 is 0. The van der Waals surface area contributed by atoms with Crippen molar-refractivity contribution in [2.45, 2.75) is 12.5 Å². The lowest BCUT2D eigenvalue weighted by atomic mass is 10.1. The highest BCUT2D eigenvalue weighted by Crippen LogP contribution is 2.33. The quantitative estimate of drug-likeness (QED) is 0.816. The maximum absolute atomic E-state index is 11.6. The SMILES string of the molecule is CS(=O)(=O)N1c2ccccc2C[C@@H]1C(=O)O. The number of fused-ring (bicyclic) bond motifs is 1. The van der Waals surface area contributed by atoms with Crippen LogP contribution in [0.5, 0.6) is 0 Å². The van der Waals surface area contributed by atoms with Crippen LogP contribution in [0.25, 0.3) is 0 Å². The van der Waals surface area contributed by atoms with Gasteiger partial charge in [0.2, 0.25) is 10.0 Å². The first-order chi connectivity index (χ1) is 7.41. The van der Waals surface area contributed by atoms with Gasteiger partial charge in [0.05, 0.1) is 11.9 Å². The number of nitrogens with zero attached hydrogens (tertiary/aromatic N) is 1. The van der Waals surface area contributed by atoms with E-state index in [9.17, 15) is 13.2 Å². The Morgan fingerprint density at radius 3 is 2.62 bits per heavy atom. The van der Waals surface area contributed by atoms with Crippen LogP contribution in [0.3, 0.4) is 0 Å². The van der Waals surface area contributed by atoms with Crippen LogP contribution in [0, 0.1) is 0 Å². The number of rotatable bonds is 2. The van der Waals surface area contributed by atoms with Crippen molar-refractivity contribution in [1.29, 1.82) is 0 Å².